The van der Waals surface area contributed by atoms with Crippen LogP contribution in [-0.4, -0.2) is 6.34 Å². The Morgan fingerprint density at radius 2 is 1.67 bits per heavy atom. The molecule has 18 heavy (non-hydrogen) atoms. The smallest absolute Gasteiger partial charge is 0.116 e. The Morgan fingerprint density at radius 3 is 2.44 bits per heavy atom. The summed E-state index contributed by atoms with van der Waals surface area (Å²) < 4.78 is 0. The van der Waals surface area contributed by atoms with E-state index in [-0.39, 0.29) is 0 Å². The minimum atomic E-state index is 0.916. The van der Waals surface area contributed by atoms with Gasteiger partial charge in [0.2, 0.25) is 0 Å². The van der Waals surface area contributed by atoms with Gasteiger partial charge in [0.1, 0.15) is 12.2 Å². The molecule has 4 rings (SSSR count). The predicted octanol–water partition coefficient (Wildman–Crippen LogP) is 1.58. The summed E-state index contributed by atoms with van der Waals surface area (Å²) in [5.41, 5.74) is 3.11. The Balaban J connectivity index is 1.88. The van der Waals surface area contributed by atoms with Crippen molar-refractivity contribution in [2.45, 2.75) is 0 Å². The zero-order chi connectivity index (χ0) is 11.9. The van der Waals surface area contributed by atoms with Gasteiger partial charge in [-0.05, 0) is 30.3 Å². The molecule has 0 unspecified atom stereocenters. The van der Waals surface area contributed by atoms with Crippen LogP contribution >= 0.6 is 0 Å². The molecule has 0 aliphatic carbocycles. The highest BCUT2D eigenvalue weighted by Crippen LogP contribution is 2.29. The number of aliphatic imine (C=N–C) groups is 1. The van der Waals surface area contributed by atoms with Gasteiger partial charge in [0.15, 0.2) is 0 Å². The molecule has 0 saturated heterocycles. The Bertz CT molecular complexity index is 763. The van der Waals surface area contributed by atoms with Gasteiger partial charge in [0.05, 0.1) is 22.4 Å². The lowest BCUT2D eigenvalue weighted by Gasteiger charge is -2.00. The van der Waals surface area contributed by atoms with Crippen molar-refractivity contribution in [3.05, 3.63) is 53.0 Å². The summed E-state index contributed by atoms with van der Waals surface area (Å²) in [7, 11) is 0. The average molecular weight is 234 g/mol. The molecule has 86 valence electrons. The van der Waals surface area contributed by atoms with Crippen molar-refractivity contribution in [3.8, 4) is 0 Å². The van der Waals surface area contributed by atoms with Crippen LogP contribution in [0.3, 0.4) is 0 Å². The van der Waals surface area contributed by atoms with E-state index in [4.69, 9.17) is 0 Å². The molecule has 4 heteroatoms. The summed E-state index contributed by atoms with van der Waals surface area (Å²) in [4.78, 5) is 8.38. The standard InChI is InChI=1S/C14H10N4/c1-2-4-12-11(3-1)17-14(18-12)9-5-6-10-13(7-9)16-8-15-10/h1-8,17-18H. The molecule has 2 aromatic rings. The zero-order valence-corrected chi connectivity index (χ0v) is 9.51. The third kappa shape index (κ3) is 1.32. The van der Waals surface area contributed by atoms with E-state index in [1.165, 1.54) is 0 Å². The molecule has 0 saturated carbocycles. The Hall–Kier alpha value is -2.62. The molecule has 2 aliphatic heterocycles. The number of hydrogen-bond donors (Lipinski definition) is 2. The van der Waals surface area contributed by atoms with Gasteiger partial charge >= 0.3 is 0 Å². The molecule has 0 radical (unpaired) electrons. The molecule has 0 aromatic heterocycles. The van der Waals surface area contributed by atoms with Gasteiger partial charge < -0.3 is 10.6 Å². The number of anilines is 2. The first-order chi connectivity index (χ1) is 8.90. The van der Waals surface area contributed by atoms with Crippen LogP contribution in [0.25, 0.3) is 5.82 Å². The fraction of sp³-hybridized carbons (Fsp3) is 0. The van der Waals surface area contributed by atoms with Crippen LogP contribution < -0.4 is 21.2 Å². The van der Waals surface area contributed by atoms with Crippen LogP contribution in [0, 0.1) is 0 Å². The summed E-state index contributed by atoms with van der Waals surface area (Å²) in [6, 6.07) is 14.2. The number of benzene rings is 2. The van der Waals surface area contributed by atoms with Crippen molar-refractivity contribution in [3.63, 3.8) is 0 Å². The summed E-state index contributed by atoms with van der Waals surface area (Å²) in [6.07, 6.45) is 1.59. The number of nitrogens with zero attached hydrogens (tertiary/aromatic N) is 2. The Labute approximate surface area is 103 Å². The minimum absolute atomic E-state index is 0.916. The first kappa shape index (κ1) is 9.41. The molecule has 2 aliphatic rings. The second-order valence-electron chi connectivity index (χ2n) is 4.25. The minimum Gasteiger partial charge on any atom is -0.340 e. The van der Waals surface area contributed by atoms with Crippen LogP contribution in [0.4, 0.5) is 17.1 Å². The molecule has 0 fully saturated rings. The van der Waals surface area contributed by atoms with Crippen molar-refractivity contribution in [1.82, 2.24) is 0 Å². The largest absolute Gasteiger partial charge is 0.340 e. The molecule has 0 spiro atoms. The number of nitrogens with one attached hydrogen (secondary N) is 2. The van der Waals surface area contributed by atoms with Gasteiger partial charge in [-0.25, -0.2) is 9.98 Å². The zero-order valence-electron chi connectivity index (χ0n) is 9.51. The predicted molar refractivity (Wildman–Crippen MR) is 72.5 cm³/mol. The summed E-state index contributed by atoms with van der Waals surface area (Å²) in [5, 5.41) is 8.74. The lowest BCUT2D eigenvalue weighted by molar-refractivity contribution is 1.41. The van der Waals surface area contributed by atoms with Crippen molar-refractivity contribution >= 4 is 29.2 Å². The van der Waals surface area contributed by atoms with E-state index >= 15 is 0 Å². The Morgan fingerprint density at radius 1 is 0.889 bits per heavy atom. The lowest BCUT2D eigenvalue weighted by Crippen LogP contribution is -2.16. The maximum Gasteiger partial charge on any atom is 0.116 e. The molecular formula is C14H10N4. The van der Waals surface area contributed by atoms with Crippen LogP contribution in [0.2, 0.25) is 0 Å². The lowest BCUT2D eigenvalue weighted by atomic mass is 10.2. The highest BCUT2D eigenvalue weighted by Gasteiger charge is 2.13. The van der Waals surface area contributed by atoms with E-state index in [1.807, 2.05) is 30.3 Å². The van der Waals surface area contributed by atoms with Crippen molar-refractivity contribution in [2.24, 2.45) is 9.98 Å². The van der Waals surface area contributed by atoms with Gasteiger partial charge in [-0.1, -0.05) is 12.1 Å². The second-order valence-corrected chi connectivity index (χ2v) is 4.25. The van der Waals surface area contributed by atoms with Crippen molar-refractivity contribution < 1.29 is 0 Å². The van der Waals surface area contributed by atoms with E-state index in [0.29, 0.717) is 0 Å². The molecule has 0 atom stereocenters. The third-order valence-electron chi connectivity index (χ3n) is 3.10. The molecule has 0 amide bonds. The SMILES string of the molecule is C1=Nc2cc(=C3Nc4ccccc4N3)ccc2=N1. The van der Waals surface area contributed by atoms with E-state index in [0.717, 1.165) is 33.5 Å². The highest BCUT2D eigenvalue weighted by molar-refractivity contribution is 5.90. The van der Waals surface area contributed by atoms with Crippen LogP contribution in [-0.2, 0) is 0 Å². The van der Waals surface area contributed by atoms with E-state index in [1.54, 1.807) is 6.34 Å². The van der Waals surface area contributed by atoms with E-state index in [2.05, 4.69) is 32.8 Å². The number of rotatable bonds is 0. The second kappa shape index (κ2) is 3.43. The number of fused-ring (bicyclic) bond motifs is 2. The van der Waals surface area contributed by atoms with Crippen LogP contribution in [0.15, 0.2) is 52.4 Å². The molecule has 2 aromatic carbocycles. The maximum absolute atomic E-state index is 4.22. The van der Waals surface area contributed by atoms with Gasteiger partial charge in [-0.15, -0.1) is 0 Å². The molecule has 2 N–H and O–H groups in total. The first-order valence-electron chi connectivity index (χ1n) is 5.78. The van der Waals surface area contributed by atoms with Crippen LogP contribution in [0.1, 0.15) is 0 Å². The van der Waals surface area contributed by atoms with Crippen molar-refractivity contribution in [2.75, 3.05) is 10.6 Å². The van der Waals surface area contributed by atoms with Gasteiger partial charge in [0.25, 0.3) is 0 Å². The fourth-order valence-electron chi connectivity index (χ4n) is 2.19. The van der Waals surface area contributed by atoms with Crippen molar-refractivity contribution in [1.29, 1.82) is 0 Å². The topological polar surface area (TPSA) is 48.8 Å². The first-order valence-corrected chi connectivity index (χ1v) is 5.78. The molecule has 4 nitrogen and oxygen atoms in total. The van der Waals surface area contributed by atoms with Gasteiger partial charge in [-0.2, -0.15) is 0 Å². The Kier molecular flexibility index (Phi) is 1.80. The van der Waals surface area contributed by atoms with Gasteiger partial charge in [-0.3, -0.25) is 0 Å². The van der Waals surface area contributed by atoms with E-state index < -0.39 is 0 Å². The number of hydrogen-bond acceptors (Lipinski definition) is 4. The van der Waals surface area contributed by atoms with E-state index in [9.17, 15) is 0 Å². The third-order valence-corrected chi connectivity index (χ3v) is 3.10. The summed E-state index contributed by atoms with van der Waals surface area (Å²) >= 11 is 0. The fourth-order valence-corrected chi connectivity index (χ4v) is 2.19. The molecule has 0 bridgehead atoms. The van der Waals surface area contributed by atoms with Crippen LogP contribution in [0.5, 0.6) is 0 Å². The summed E-state index contributed by atoms with van der Waals surface area (Å²) in [6.45, 7) is 0. The maximum atomic E-state index is 4.22. The molecule has 2 heterocycles. The number of para-hydroxylation sites is 2. The quantitative estimate of drug-likeness (QED) is 0.727. The summed E-state index contributed by atoms with van der Waals surface area (Å²) in [5.74, 6) is 0.987. The normalized spacial score (nSPS) is 14.6. The van der Waals surface area contributed by atoms with Gasteiger partial charge in [0, 0.05) is 5.22 Å². The molecular weight excluding hydrogens is 224 g/mol. The average Bonchev–Trinajstić information content (AvgIpc) is 3.04. The monoisotopic (exact) mass is 234 g/mol. The highest BCUT2D eigenvalue weighted by atomic mass is 15.2.